The van der Waals surface area contributed by atoms with Gasteiger partial charge >= 0.3 is 13.6 Å². The van der Waals surface area contributed by atoms with Gasteiger partial charge in [0.05, 0.1) is 12.1 Å². The Hall–Kier alpha value is -0.380. The fourth-order valence-electron chi connectivity index (χ4n) is 2.10. The van der Waals surface area contributed by atoms with Crippen LogP contribution in [0.4, 0.5) is 0 Å². The van der Waals surface area contributed by atoms with Crippen molar-refractivity contribution in [3.05, 3.63) is 0 Å². The van der Waals surface area contributed by atoms with Crippen LogP contribution in [-0.4, -0.2) is 27.0 Å². The predicted molar refractivity (Wildman–Crippen MR) is 75.3 cm³/mol. The molecule has 0 aliphatic heterocycles. The zero-order chi connectivity index (χ0) is 14.7. The fourth-order valence-corrected chi connectivity index (χ4v) is 3.02. The summed E-state index contributed by atoms with van der Waals surface area (Å²) in [6.45, 7) is 2.17. The number of aliphatic carboxylic acids is 1. The van der Waals surface area contributed by atoms with Gasteiger partial charge in [-0.05, 0) is 6.42 Å². The molecule has 0 aromatic carbocycles. The number of hydrogen-bond donors (Lipinski definition) is 3. The maximum atomic E-state index is 10.9. The Bertz CT molecular complexity index is 287. The molecule has 0 fully saturated rings. The molecule has 0 radical (unpaired) electrons. The van der Waals surface area contributed by atoms with Crippen molar-refractivity contribution < 1.29 is 24.3 Å². The Labute approximate surface area is 115 Å². The Kier molecular flexibility index (Phi) is 10.2. The molecular weight excluding hydrogens is 267 g/mol. The highest BCUT2D eigenvalue weighted by Gasteiger charge is 2.26. The summed E-state index contributed by atoms with van der Waals surface area (Å²) in [7, 11) is -4.23. The van der Waals surface area contributed by atoms with E-state index >= 15 is 0 Å². The van der Waals surface area contributed by atoms with E-state index in [2.05, 4.69) is 6.92 Å². The summed E-state index contributed by atoms with van der Waals surface area (Å²) < 4.78 is 10.8. The molecule has 0 bridgehead atoms. The van der Waals surface area contributed by atoms with Gasteiger partial charge in [0, 0.05) is 0 Å². The summed E-state index contributed by atoms with van der Waals surface area (Å²) in [6.07, 6.45) is 8.69. The molecule has 19 heavy (non-hydrogen) atoms. The van der Waals surface area contributed by atoms with Crippen LogP contribution in [0, 0.1) is 5.92 Å². The van der Waals surface area contributed by atoms with Crippen LogP contribution in [0.3, 0.4) is 0 Å². The van der Waals surface area contributed by atoms with Gasteiger partial charge in [-0.3, -0.25) is 9.36 Å². The van der Waals surface area contributed by atoms with E-state index in [4.69, 9.17) is 14.9 Å². The molecule has 0 aromatic heterocycles. The molecule has 0 saturated heterocycles. The Morgan fingerprint density at radius 3 is 1.89 bits per heavy atom. The van der Waals surface area contributed by atoms with Crippen LogP contribution in [0.5, 0.6) is 0 Å². The average Bonchev–Trinajstić information content (AvgIpc) is 2.29. The largest absolute Gasteiger partial charge is 0.481 e. The highest BCUT2D eigenvalue weighted by atomic mass is 31.2. The van der Waals surface area contributed by atoms with Crippen molar-refractivity contribution in [1.82, 2.24) is 0 Å². The number of carboxylic acid groups (broad SMARTS) is 1. The highest BCUT2D eigenvalue weighted by Crippen LogP contribution is 2.38. The standard InChI is InChI=1S/C13H27O5P/c1-2-3-4-5-6-7-8-9-10-12(13(14)15)11-19(16,17)18/h12H,2-11H2,1H3,(H,14,15)(H2,16,17,18). The van der Waals surface area contributed by atoms with Crippen molar-refractivity contribution in [3.63, 3.8) is 0 Å². The van der Waals surface area contributed by atoms with E-state index in [-0.39, 0.29) is 0 Å². The summed E-state index contributed by atoms with van der Waals surface area (Å²) in [5.41, 5.74) is 0. The van der Waals surface area contributed by atoms with E-state index < -0.39 is 25.6 Å². The summed E-state index contributed by atoms with van der Waals surface area (Å²) in [6, 6.07) is 0. The first-order valence-electron chi connectivity index (χ1n) is 7.14. The van der Waals surface area contributed by atoms with Gasteiger partial charge in [0.15, 0.2) is 0 Å². The van der Waals surface area contributed by atoms with Gasteiger partial charge in [0.1, 0.15) is 0 Å². The lowest BCUT2D eigenvalue weighted by Gasteiger charge is -2.12. The molecule has 0 amide bonds. The number of hydrogen-bond acceptors (Lipinski definition) is 2. The van der Waals surface area contributed by atoms with Gasteiger partial charge in [-0.1, -0.05) is 58.3 Å². The molecule has 6 heteroatoms. The monoisotopic (exact) mass is 294 g/mol. The molecule has 1 atom stereocenters. The number of carboxylic acids is 1. The SMILES string of the molecule is CCCCCCCCCCC(CP(=O)(O)O)C(=O)O. The van der Waals surface area contributed by atoms with Crippen LogP contribution in [0.25, 0.3) is 0 Å². The minimum atomic E-state index is -4.23. The molecule has 0 rings (SSSR count). The molecule has 3 N–H and O–H groups in total. The van der Waals surface area contributed by atoms with Gasteiger partial charge in [-0.15, -0.1) is 0 Å². The lowest BCUT2D eigenvalue weighted by molar-refractivity contribution is -0.141. The second-order valence-corrected chi connectivity index (χ2v) is 6.84. The van der Waals surface area contributed by atoms with Crippen molar-refractivity contribution in [2.24, 2.45) is 5.92 Å². The minimum absolute atomic E-state index is 0.357. The third-order valence-corrected chi connectivity index (χ3v) is 4.13. The molecule has 0 spiro atoms. The quantitative estimate of drug-likeness (QED) is 0.379. The minimum Gasteiger partial charge on any atom is -0.481 e. The first kappa shape index (κ1) is 18.6. The van der Waals surface area contributed by atoms with Crippen molar-refractivity contribution in [2.45, 2.75) is 64.7 Å². The fraction of sp³-hybridized carbons (Fsp3) is 0.923. The van der Waals surface area contributed by atoms with Crippen LogP contribution in [0.15, 0.2) is 0 Å². The van der Waals surface area contributed by atoms with E-state index in [1.807, 2.05) is 0 Å². The van der Waals surface area contributed by atoms with Gasteiger partial charge in [0.25, 0.3) is 0 Å². The smallest absolute Gasteiger partial charge is 0.326 e. The van der Waals surface area contributed by atoms with E-state index in [0.29, 0.717) is 6.42 Å². The molecule has 0 saturated carbocycles. The number of carbonyl (C=O) groups is 1. The third kappa shape index (κ3) is 12.4. The van der Waals surface area contributed by atoms with Crippen LogP contribution in [-0.2, 0) is 9.36 Å². The third-order valence-electron chi connectivity index (χ3n) is 3.21. The van der Waals surface area contributed by atoms with Crippen molar-refractivity contribution in [3.8, 4) is 0 Å². The Morgan fingerprint density at radius 2 is 1.47 bits per heavy atom. The van der Waals surface area contributed by atoms with Gasteiger partial charge in [-0.2, -0.15) is 0 Å². The predicted octanol–water partition coefficient (Wildman–Crippen LogP) is 3.40. The lowest BCUT2D eigenvalue weighted by Crippen LogP contribution is -2.18. The zero-order valence-electron chi connectivity index (χ0n) is 11.8. The maximum Gasteiger partial charge on any atom is 0.326 e. The molecule has 5 nitrogen and oxygen atoms in total. The summed E-state index contributed by atoms with van der Waals surface area (Å²) in [4.78, 5) is 28.5. The second kappa shape index (κ2) is 10.4. The van der Waals surface area contributed by atoms with E-state index in [1.165, 1.54) is 25.7 Å². The maximum absolute atomic E-state index is 10.9. The molecular formula is C13H27O5P. The number of rotatable bonds is 12. The van der Waals surface area contributed by atoms with Crippen LogP contribution >= 0.6 is 7.60 Å². The van der Waals surface area contributed by atoms with Crippen LogP contribution in [0.1, 0.15) is 64.7 Å². The summed E-state index contributed by atoms with van der Waals surface area (Å²) in [5, 5.41) is 8.89. The van der Waals surface area contributed by atoms with Crippen molar-refractivity contribution in [2.75, 3.05) is 6.16 Å². The van der Waals surface area contributed by atoms with Gasteiger partial charge in [-0.25, -0.2) is 0 Å². The van der Waals surface area contributed by atoms with Crippen molar-refractivity contribution in [1.29, 1.82) is 0 Å². The molecule has 0 aromatic rings. The normalized spacial score (nSPS) is 13.4. The molecule has 0 aliphatic carbocycles. The van der Waals surface area contributed by atoms with Gasteiger partial charge < -0.3 is 14.9 Å². The first-order valence-corrected chi connectivity index (χ1v) is 8.94. The number of unbranched alkanes of at least 4 members (excludes halogenated alkanes) is 7. The zero-order valence-corrected chi connectivity index (χ0v) is 12.6. The topological polar surface area (TPSA) is 94.8 Å². The summed E-state index contributed by atoms with van der Waals surface area (Å²) in [5.74, 6) is -2.02. The van der Waals surface area contributed by atoms with E-state index in [1.54, 1.807) is 0 Å². The van der Waals surface area contributed by atoms with Gasteiger partial charge in [0.2, 0.25) is 0 Å². The van der Waals surface area contributed by atoms with Crippen LogP contribution in [0.2, 0.25) is 0 Å². The molecule has 114 valence electrons. The van der Waals surface area contributed by atoms with Crippen molar-refractivity contribution >= 4 is 13.6 Å². The van der Waals surface area contributed by atoms with Crippen LogP contribution < -0.4 is 0 Å². The first-order chi connectivity index (χ1) is 8.87. The molecule has 0 heterocycles. The molecule has 1 unspecified atom stereocenters. The average molecular weight is 294 g/mol. The Balaban J connectivity index is 3.66. The lowest BCUT2D eigenvalue weighted by atomic mass is 10.0. The van der Waals surface area contributed by atoms with E-state index in [9.17, 15) is 9.36 Å². The summed E-state index contributed by atoms with van der Waals surface area (Å²) >= 11 is 0. The van der Waals surface area contributed by atoms with E-state index in [0.717, 1.165) is 25.7 Å². The Morgan fingerprint density at radius 1 is 1.00 bits per heavy atom. The molecule has 0 aliphatic rings. The second-order valence-electron chi connectivity index (χ2n) is 5.15. The highest BCUT2D eigenvalue weighted by molar-refractivity contribution is 7.51.